The molecule has 2 N–H and O–H groups in total. The Morgan fingerprint density at radius 3 is 1.61 bits per heavy atom. The Morgan fingerprint density at radius 1 is 0.652 bits per heavy atom. The molecule has 2 nitrogen and oxygen atoms in total. The first-order chi connectivity index (χ1) is 11.1. The molecular formula is C19H12F2N2. The molecule has 0 spiro atoms. The lowest BCUT2D eigenvalue weighted by Gasteiger charge is -2.00. The molecule has 4 heteroatoms. The second-order valence-corrected chi connectivity index (χ2v) is 5.98. The van der Waals surface area contributed by atoms with Crippen LogP contribution in [-0.4, -0.2) is 9.97 Å². The van der Waals surface area contributed by atoms with E-state index in [9.17, 15) is 8.78 Å². The Morgan fingerprint density at radius 2 is 1.13 bits per heavy atom. The molecule has 3 aromatic carbocycles. The smallest absolute Gasteiger partial charge is 0.123 e. The van der Waals surface area contributed by atoms with Gasteiger partial charge in [0.15, 0.2) is 0 Å². The fourth-order valence-electron chi connectivity index (χ4n) is 3.53. The molecule has 2 heterocycles. The maximum atomic E-state index is 13.6. The summed E-state index contributed by atoms with van der Waals surface area (Å²) in [5, 5.41) is 3.59. The third-order valence-electron chi connectivity index (χ3n) is 4.64. The molecule has 0 saturated carbocycles. The van der Waals surface area contributed by atoms with E-state index in [0.717, 1.165) is 49.2 Å². The average Bonchev–Trinajstić information content (AvgIpc) is 3.07. The molecule has 0 aliphatic carbocycles. The van der Waals surface area contributed by atoms with Gasteiger partial charge in [-0.3, -0.25) is 0 Å². The fraction of sp³-hybridized carbons (Fsp3) is 0.0526. The highest BCUT2D eigenvalue weighted by molar-refractivity contribution is 6.18. The zero-order valence-corrected chi connectivity index (χ0v) is 12.3. The van der Waals surface area contributed by atoms with Crippen LogP contribution in [0.5, 0.6) is 0 Å². The minimum Gasteiger partial charge on any atom is -0.354 e. The van der Waals surface area contributed by atoms with Crippen molar-refractivity contribution in [3.63, 3.8) is 0 Å². The van der Waals surface area contributed by atoms with Gasteiger partial charge in [-0.05, 0) is 55.0 Å². The molecule has 0 aliphatic rings. The van der Waals surface area contributed by atoms with Crippen molar-refractivity contribution in [1.82, 2.24) is 9.97 Å². The van der Waals surface area contributed by atoms with Crippen LogP contribution in [0.3, 0.4) is 0 Å². The van der Waals surface area contributed by atoms with Crippen LogP contribution in [0.2, 0.25) is 0 Å². The van der Waals surface area contributed by atoms with E-state index in [0.29, 0.717) is 0 Å². The summed E-state index contributed by atoms with van der Waals surface area (Å²) < 4.78 is 27.3. The summed E-state index contributed by atoms with van der Waals surface area (Å²) in [6, 6.07) is 11.5. The molecule has 5 rings (SSSR count). The summed E-state index contributed by atoms with van der Waals surface area (Å²) in [6.45, 7) is 2.02. The lowest BCUT2D eigenvalue weighted by atomic mass is 10.0. The van der Waals surface area contributed by atoms with Gasteiger partial charge < -0.3 is 9.97 Å². The predicted molar refractivity (Wildman–Crippen MR) is 89.8 cm³/mol. The molecule has 0 atom stereocenters. The van der Waals surface area contributed by atoms with Crippen molar-refractivity contribution in [2.75, 3.05) is 0 Å². The predicted octanol–water partition coefficient (Wildman–Crippen LogP) is 5.54. The van der Waals surface area contributed by atoms with Crippen molar-refractivity contribution in [2.24, 2.45) is 0 Å². The zero-order valence-electron chi connectivity index (χ0n) is 12.3. The number of nitrogens with one attached hydrogen (secondary N) is 2. The maximum absolute atomic E-state index is 13.6. The van der Waals surface area contributed by atoms with Crippen molar-refractivity contribution < 1.29 is 8.78 Å². The number of hydrogen-bond acceptors (Lipinski definition) is 0. The first-order valence-electron chi connectivity index (χ1n) is 7.43. The van der Waals surface area contributed by atoms with Crippen LogP contribution in [0.15, 0.2) is 42.5 Å². The fourth-order valence-corrected chi connectivity index (χ4v) is 3.53. The second-order valence-electron chi connectivity index (χ2n) is 5.98. The van der Waals surface area contributed by atoms with Gasteiger partial charge >= 0.3 is 0 Å². The number of aromatic amines is 2. The minimum absolute atomic E-state index is 0.263. The molecule has 0 saturated heterocycles. The summed E-state index contributed by atoms with van der Waals surface area (Å²) in [4.78, 5) is 6.72. The lowest BCUT2D eigenvalue weighted by Crippen LogP contribution is -1.79. The normalized spacial score (nSPS) is 12.1. The number of aryl methyl sites for hydroxylation is 1. The van der Waals surface area contributed by atoms with E-state index < -0.39 is 0 Å². The van der Waals surface area contributed by atoms with E-state index in [-0.39, 0.29) is 11.6 Å². The first kappa shape index (κ1) is 12.6. The van der Waals surface area contributed by atoms with Crippen LogP contribution in [0, 0.1) is 18.6 Å². The summed E-state index contributed by atoms with van der Waals surface area (Å²) >= 11 is 0. The third kappa shape index (κ3) is 1.60. The summed E-state index contributed by atoms with van der Waals surface area (Å²) in [5.74, 6) is -0.526. The van der Waals surface area contributed by atoms with Gasteiger partial charge in [0.2, 0.25) is 0 Å². The highest BCUT2D eigenvalue weighted by Crippen LogP contribution is 2.36. The van der Waals surface area contributed by atoms with Crippen molar-refractivity contribution >= 4 is 43.6 Å². The molecule has 0 bridgehead atoms. The van der Waals surface area contributed by atoms with Gasteiger partial charge in [0.1, 0.15) is 11.6 Å². The molecule has 0 radical (unpaired) electrons. The van der Waals surface area contributed by atoms with Gasteiger partial charge in [0, 0.05) is 32.6 Å². The van der Waals surface area contributed by atoms with Gasteiger partial charge in [-0.15, -0.1) is 0 Å². The van der Waals surface area contributed by atoms with Crippen LogP contribution in [0.4, 0.5) is 8.78 Å². The molecule has 23 heavy (non-hydrogen) atoms. The molecule has 0 fully saturated rings. The lowest BCUT2D eigenvalue weighted by molar-refractivity contribution is 0.629. The largest absolute Gasteiger partial charge is 0.354 e. The van der Waals surface area contributed by atoms with Crippen molar-refractivity contribution in [2.45, 2.75) is 6.92 Å². The van der Waals surface area contributed by atoms with Crippen LogP contribution >= 0.6 is 0 Å². The van der Waals surface area contributed by atoms with E-state index in [4.69, 9.17) is 0 Å². The molecule has 0 unspecified atom stereocenters. The highest BCUT2D eigenvalue weighted by Gasteiger charge is 2.14. The standard InChI is InChI=1S/C19H12F2N2/c1-9-18-14(12-6-10(20)2-4-16(12)22-18)8-15-13-7-11(21)3-5-17(13)23-19(9)15/h2-8,22-23H,1H3. The SMILES string of the molecule is Cc1c2[nH]c3ccc(F)cc3c2cc2c1[nH]c1ccc(F)cc12. The minimum atomic E-state index is -0.263. The van der Waals surface area contributed by atoms with Crippen molar-refractivity contribution in [3.8, 4) is 0 Å². The molecule has 5 aromatic rings. The Labute approximate surface area is 129 Å². The number of hydrogen-bond donors (Lipinski definition) is 2. The number of aromatic nitrogens is 2. The summed E-state index contributed by atoms with van der Waals surface area (Å²) in [7, 11) is 0. The van der Waals surface area contributed by atoms with Gasteiger partial charge in [0.25, 0.3) is 0 Å². The number of halogens is 2. The van der Waals surface area contributed by atoms with Gasteiger partial charge in [-0.1, -0.05) is 0 Å². The van der Waals surface area contributed by atoms with E-state index in [1.165, 1.54) is 24.3 Å². The van der Waals surface area contributed by atoms with E-state index in [1.807, 2.05) is 13.0 Å². The summed E-state index contributed by atoms with van der Waals surface area (Å²) in [5.41, 5.74) is 4.79. The molecule has 112 valence electrons. The topological polar surface area (TPSA) is 31.6 Å². The van der Waals surface area contributed by atoms with Crippen LogP contribution in [0.1, 0.15) is 5.56 Å². The van der Waals surface area contributed by atoms with Gasteiger partial charge in [-0.2, -0.15) is 0 Å². The number of fused-ring (bicyclic) bond motifs is 6. The Bertz CT molecular complexity index is 1150. The zero-order chi connectivity index (χ0) is 15.7. The maximum Gasteiger partial charge on any atom is 0.123 e. The highest BCUT2D eigenvalue weighted by atomic mass is 19.1. The monoisotopic (exact) mass is 306 g/mol. The first-order valence-corrected chi connectivity index (χ1v) is 7.43. The van der Waals surface area contributed by atoms with E-state index >= 15 is 0 Å². The van der Waals surface area contributed by atoms with Gasteiger partial charge in [-0.25, -0.2) is 8.78 Å². The van der Waals surface area contributed by atoms with Crippen LogP contribution < -0.4 is 0 Å². The molecule has 0 amide bonds. The van der Waals surface area contributed by atoms with Crippen LogP contribution in [-0.2, 0) is 0 Å². The summed E-state index contributed by atoms with van der Waals surface area (Å²) in [6.07, 6.45) is 0. The second kappa shape index (κ2) is 4.10. The van der Waals surface area contributed by atoms with Gasteiger partial charge in [0.05, 0.1) is 11.0 Å². The van der Waals surface area contributed by atoms with E-state index in [1.54, 1.807) is 12.1 Å². The number of benzene rings is 3. The van der Waals surface area contributed by atoms with E-state index in [2.05, 4.69) is 9.97 Å². The molecular weight excluding hydrogens is 294 g/mol. The average molecular weight is 306 g/mol. The Hall–Kier alpha value is -2.88. The number of rotatable bonds is 0. The van der Waals surface area contributed by atoms with Crippen molar-refractivity contribution in [1.29, 1.82) is 0 Å². The quantitative estimate of drug-likeness (QED) is 0.376. The molecule has 2 aromatic heterocycles. The number of H-pyrrole nitrogens is 2. The Balaban J connectivity index is 2.05. The van der Waals surface area contributed by atoms with Crippen LogP contribution in [0.25, 0.3) is 43.6 Å². The molecule has 0 aliphatic heterocycles. The Kier molecular flexibility index (Phi) is 2.25. The third-order valence-corrected chi connectivity index (χ3v) is 4.64. The van der Waals surface area contributed by atoms with Crippen molar-refractivity contribution in [3.05, 3.63) is 59.7 Å².